The van der Waals surface area contributed by atoms with Gasteiger partial charge in [0.15, 0.2) is 0 Å². The third-order valence-electron chi connectivity index (χ3n) is 5.70. The van der Waals surface area contributed by atoms with Gasteiger partial charge in [0, 0.05) is 36.6 Å². The SMILES string of the molecule is CC1CC(C)CN(Cc2ccc(CNC(=O)c3ccc4c(c3)NC(=O)CS4)cc2)C1. The molecule has 0 bridgehead atoms. The van der Waals surface area contributed by atoms with E-state index in [0.29, 0.717) is 17.9 Å². The molecule has 0 radical (unpaired) electrons. The highest BCUT2D eigenvalue weighted by atomic mass is 32.2. The van der Waals surface area contributed by atoms with Crippen molar-refractivity contribution in [2.45, 2.75) is 38.3 Å². The van der Waals surface area contributed by atoms with Gasteiger partial charge in [-0.05, 0) is 47.6 Å². The Kier molecular flexibility index (Phi) is 6.44. The van der Waals surface area contributed by atoms with Crippen LogP contribution < -0.4 is 10.6 Å². The predicted octanol–water partition coefficient (Wildman–Crippen LogP) is 4.14. The monoisotopic (exact) mass is 423 g/mol. The maximum Gasteiger partial charge on any atom is 0.251 e. The highest BCUT2D eigenvalue weighted by Gasteiger charge is 2.21. The molecule has 2 aliphatic heterocycles. The summed E-state index contributed by atoms with van der Waals surface area (Å²) in [5.41, 5.74) is 3.67. The van der Waals surface area contributed by atoms with E-state index in [1.165, 1.54) is 36.8 Å². The maximum atomic E-state index is 12.5. The maximum absolute atomic E-state index is 12.5. The number of anilines is 1. The van der Waals surface area contributed by atoms with Crippen molar-refractivity contribution in [1.82, 2.24) is 10.2 Å². The van der Waals surface area contributed by atoms with Crippen LogP contribution in [0.3, 0.4) is 0 Å². The van der Waals surface area contributed by atoms with Crippen LogP contribution in [-0.4, -0.2) is 35.6 Å². The number of hydrogen-bond acceptors (Lipinski definition) is 4. The van der Waals surface area contributed by atoms with Gasteiger partial charge in [0.05, 0.1) is 11.4 Å². The van der Waals surface area contributed by atoms with Gasteiger partial charge < -0.3 is 10.6 Å². The molecule has 4 rings (SSSR count). The normalized spacial score (nSPS) is 21.6. The molecular weight excluding hydrogens is 394 g/mol. The molecule has 0 aromatic heterocycles. The summed E-state index contributed by atoms with van der Waals surface area (Å²) in [4.78, 5) is 27.7. The smallest absolute Gasteiger partial charge is 0.251 e. The number of thioether (sulfide) groups is 1. The molecule has 2 heterocycles. The zero-order valence-electron chi connectivity index (χ0n) is 17.6. The first-order valence-corrected chi connectivity index (χ1v) is 11.6. The molecule has 1 saturated heterocycles. The van der Waals surface area contributed by atoms with Crippen LogP contribution in [0.15, 0.2) is 47.4 Å². The number of amides is 2. The minimum absolute atomic E-state index is 0.0291. The minimum Gasteiger partial charge on any atom is -0.348 e. The molecule has 2 aromatic carbocycles. The lowest BCUT2D eigenvalue weighted by atomic mass is 9.91. The lowest BCUT2D eigenvalue weighted by Gasteiger charge is -2.35. The van der Waals surface area contributed by atoms with Gasteiger partial charge in [-0.1, -0.05) is 38.1 Å². The average Bonchev–Trinajstić information content (AvgIpc) is 2.71. The second-order valence-electron chi connectivity index (χ2n) is 8.69. The topological polar surface area (TPSA) is 61.4 Å². The number of nitrogens with zero attached hydrogens (tertiary/aromatic N) is 1. The lowest BCUT2D eigenvalue weighted by molar-refractivity contribution is -0.113. The number of piperidine rings is 1. The van der Waals surface area contributed by atoms with Gasteiger partial charge in [0.1, 0.15) is 0 Å². The molecule has 6 heteroatoms. The highest BCUT2D eigenvalue weighted by molar-refractivity contribution is 8.00. The van der Waals surface area contributed by atoms with Crippen molar-refractivity contribution in [3.8, 4) is 0 Å². The third-order valence-corrected chi connectivity index (χ3v) is 6.77. The summed E-state index contributed by atoms with van der Waals surface area (Å²) in [6, 6.07) is 14.0. The Morgan fingerprint density at radius 3 is 2.53 bits per heavy atom. The first-order chi connectivity index (χ1) is 14.5. The number of benzene rings is 2. The van der Waals surface area contributed by atoms with Crippen LogP contribution >= 0.6 is 11.8 Å². The fourth-order valence-corrected chi connectivity index (χ4v) is 5.24. The van der Waals surface area contributed by atoms with Gasteiger partial charge >= 0.3 is 0 Å². The fraction of sp³-hybridized carbons (Fsp3) is 0.417. The predicted molar refractivity (Wildman–Crippen MR) is 122 cm³/mol. The highest BCUT2D eigenvalue weighted by Crippen LogP contribution is 2.32. The van der Waals surface area contributed by atoms with Crippen LogP contribution in [-0.2, 0) is 17.9 Å². The van der Waals surface area contributed by atoms with E-state index in [-0.39, 0.29) is 11.8 Å². The molecule has 2 aromatic rings. The fourth-order valence-electron chi connectivity index (χ4n) is 4.45. The zero-order chi connectivity index (χ0) is 21.1. The molecular formula is C24H29N3O2S. The molecule has 2 atom stereocenters. The summed E-state index contributed by atoms with van der Waals surface area (Å²) in [6.07, 6.45) is 1.32. The Bertz CT molecular complexity index is 919. The third kappa shape index (κ3) is 5.24. The first kappa shape index (κ1) is 20.9. The minimum atomic E-state index is -0.136. The molecule has 2 aliphatic rings. The molecule has 0 aliphatic carbocycles. The van der Waals surface area contributed by atoms with E-state index in [0.717, 1.165) is 34.5 Å². The number of likely N-dealkylation sites (tertiary alicyclic amines) is 1. The molecule has 0 spiro atoms. The second-order valence-corrected chi connectivity index (χ2v) is 9.70. The van der Waals surface area contributed by atoms with E-state index in [1.54, 1.807) is 6.07 Å². The quantitative estimate of drug-likeness (QED) is 0.759. The number of carbonyl (C=O) groups excluding carboxylic acids is 2. The van der Waals surface area contributed by atoms with Crippen LogP contribution in [0.1, 0.15) is 41.8 Å². The Morgan fingerprint density at radius 1 is 1.10 bits per heavy atom. The van der Waals surface area contributed by atoms with E-state index >= 15 is 0 Å². The second kappa shape index (κ2) is 9.23. The summed E-state index contributed by atoms with van der Waals surface area (Å²) in [5, 5.41) is 5.81. The van der Waals surface area contributed by atoms with Crippen molar-refractivity contribution in [2.24, 2.45) is 11.8 Å². The summed E-state index contributed by atoms with van der Waals surface area (Å²) >= 11 is 1.49. The van der Waals surface area contributed by atoms with E-state index in [1.807, 2.05) is 12.1 Å². The van der Waals surface area contributed by atoms with Gasteiger partial charge in [-0.15, -0.1) is 11.8 Å². The molecule has 30 heavy (non-hydrogen) atoms. The summed E-state index contributed by atoms with van der Waals surface area (Å²) in [7, 11) is 0. The lowest BCUT2D eigenvalue weighted by Crippen LogP contribution is -2.38. The Hall–Kier alpha value is -2.31. The Labute approximate surface area is 182 Å². The Morgan fingerprint density at radius 2 is 1.80 bits per heavy atom. The van der Waals surface area contributed by atoms with Crippen molar-refractivity contribution >= 4 is 29.3 Å². The molecule has 1 fully saturated rings. The summed E-state index contributed by atoms with van der Waals surface area (Å²) in [5.74, 6) is 1.78. The molecule has 2 amide bonds. The first-order valence-electron chi connectivity index (χ1n) is 10.6. The van der Waals surface area contributed by atoms with Gasteiger partial charge in [0.2, 0.25) is 5.91 Å². The van der Waals surface area contributed by atoms with Crippen molar-refractivity contribution in [2.75, 3.05) is 24.2 Å². The van der Waals surface area contributed by atoms with Crippen LogP contribution in [0.2, 0.25) is 0 Å². The van der Waals surface area contributed by atoms with Crippen LogP contribution in [0.25, 0.3) is 0 Å². The van der Waals surface area contributed by atoms with Gasteiger partial charge in [0.25, 0.3) is 5.91 Å². The van der Waals surface area contributed by atoms with Crippen molar-refractivity contribution in [3.63, 3.8) is 0 Å². The molecule has 2 N–H and O–H groups in total. The number of fused-ring (bicyclic) bond motifs is 1. The van der Waals surface area contributed by atoms with Crippen molar-refractivity contribution in [1.29, 1.82) is 0 Å². The summed E-state index contributed by atoms with van der Waals surface area (Å²) < 4.78 is 0. The van der Waals surface area contributed by atoms with Crippen LogP contribution in [0, 0.1) is 11.8 Å². The van der Waals surface area contributed by atoms with Crippen LogP contribution in [0.4, 0.5) is 5.69 Å². The number of rotatable bonds is 5. The average molecular weight is 424 g/mol. The summed E-state index contributed by atoms with van der Waals surface area (Å²) in [6.45, 7) is 8.48. The molecule has 0 saturated carbocycles. The zero-order valence-corrected chi connectivity index (χ0v) is 18.4. The van der Waals surface area contributed by atoms with E-state index in [9.17, 15) is 9.59 Å². The van der Waals surface area contributed by atoms with Crippen molar-refractivity contribution in [3.05, 3.63) is 59.2 Å². The molecule has 5 nitrogen and oxygen atoms in total. The molecule has 2 unspecified atom stereocenters. The van der Waals surface area contributed by atoms with E-state index < -0.39 is 0 Å². The van der Waals surface area contributed by atoms with E-state index in [4.69, 9.17) is 0 Å². The van der Waals surface area contributed by atoms with Crippen molar-refractivity contribution < 1.29 is 9.59 Å². The van der Waals surface area contributed by atoms with E-state index in [2.05, 4.69) is 53.6 Å². The van der Waals surface area contributed by atoms with Gasteiger partial charge in [-0.2, -0.15) is 0 Å². The number of nitrogens with one attached hydrogen (secondary N) is 2. The molecule has 158 valence electrons. The van der Waals surface area contributed by atoms with Gasteiger partial charge in [-0.3, -0.25) is 14.5 Å². The van der Waals surface area contributed by atoms with Gasteiger partial charge in [-0.25, -0.2) is 0 Å². The Balaban J connectivity index is 1.31. The number of carbonyl (C=O) groups is 2. The number of hydrogen-bond donors (Lipinski definition) is 2. The van der Waals surface area contributed by atoms with Crippen LogP contribution in [0.5, 0.6) is 0 Å². The standard InChI is InChI=1S/C24H29N3O2S/c1-16-9-17(2)13-27(12-16)14-19-5-3-18(4-6-19)11-25-24(29)20-7-8-22-21(10-20)26-23(28)15-30-22/h3-8,10,16-17H,9,11-15H2,1-2H3,(H,25,29)(H,26,28). The largest absolute Gasteiger partial charge is 0.348 e.